The lowest BCUT2D eigenvalue weighted by atomic mass is 9.94. The summed E-state index contributed by atoms with van der Waals surface area (Å²) >= 11 is 3.51. The predicted molar refractivity (Wildman–Crippen MR) is 260 cm³/mol. The summed E-state index contributed by atoms with van der Waals surface area (Å²) in [5.74, 6) is -0.701. The van der Waals surface area contributed by atoms with Gasteiger partial charge in [0, 0.05) is 10.4 Å². The maximum atomic E-state index is 13.8. The van der Waals surface area contributed by atoms with Crippen LogP contribution in [0.4, 0.5) is 0 Å². The third-order valence-electron chi connectivity index (χ3n) is 11.6. The molecule has 1 aliphatic heterocycles. The van der Waals surface area contributed by atoms with Crippen LogP contribution in [0.3, 0.4) is 0 Å². The summed E-state index contributed by atoms with van der Waals surface area (Å²) in [7, 11) is -4.52. The van der Waals surface area contributed by atoms with Crippen LogP contribution < -0.4 is 4.74 Å². The lowest BCUT2D eigenvalue weighted by Gasteiger charge is -2.43. The molecule has 15 nitrogen and oxygen atoms in total. The smallest absolute Gasteiger partial charge is 0.341 e. The number of aldehydes is 1. The molecule has 10 atom stereocenters. The van der Waals surface area contributed by atoms with Crippen molar-refractivity contribution in [3.63, 3.8) is 0 Å². The van der Waals surface area contributed by atoms with E-state index in [1.807, 2.05) is 38.1 Å². The van der Waals surface area contributed by atoms with Gasteiger partial charge in [-0.3, -0.25) is 18.9 Å². The Kier molecular flexibility index (Phi) is 26.5. The van der Waals surface area contributed by atoms with Crippen LogP contribution in [0.5, 0.6) is 5.75 Å². The number of halogens is 1. The highest BCUT2D eigenvalue weighted by molar-refractivity contribution is 9.11. The van der Waals surface area contributed by atoms with Crippen molar-refractivity contribution in [2.75, 3.05) is 26.5 Å². The van der Waals surface area contributed by atoms with Gasteiger partial charge in [0.1, 0.15) is 42.6 Å². The maximum absolute atomic E-state index is 13.8. The molecule has 0 amide bonds. The number of ketones is 1. The van der Waals surface area contributed by atoms with Gasteiger partial charge < -0.3 is 52.5 Å². The first-order valence-electron chi connectivity index (χ1n) is 22.8. The van der Waals surface area contributed by atoms with Gasteiger partial charge in [0.2, 0.25) is 0 Å². The average Bonchev–Trinajstić information content (AvgIpc) is 3.25. The SMILES string of the molecule is CCOP(=O)(CC(=O)O[C@@H](CC)CCC[C@H](OCc1ccc(OC)cc1)[C@@H](C)C(=O)/C=C/C=C/C[C@H](O[C@@H]1O[C@@H](C)[C@H](O)[C@@H](O)[C@H]1O)[C@@H](/C=C(Br)/C=C/C=O)O[Si](C)(C)C(C)(C)C)OCC. The molecule has 2 rings (SSSR count). The second kappa shape index (κ2) is 29.4. The molecule has 18 heteroatoms. The molecule has 3 N–H and O–H groups in total. The highest BCUT2D eigenvalue weighted by Gasteiger charge is 2.45. The van der Waals surface area contributed by atoms with Crippen LogP contribution in [0.1, 0.15) is 93.1 Å². The van der Waals surface area contributed by atoms with E-state index in [1.54, 1.807) is 58.3 Å². The monoisotopic (exact) mass is 1030 g/mol. The van der Waals surface area contributed by atoms with Crippen molar-refractivity contribution in [2.24, 2.45) is 5.92 Å². The molecule has 0 aromatic heterocycles. The Hall–Kier alpha value is -2.64. The lowest BCUT2D eigenvalue weighted by Crippen LogP contribution is -2.58. The number of carbonyl (C=O) groups is 3. The number of rotatable bonds is 30. The van der Waals surface area contributed by atoms with Crippen molar-refractivity contribution in [3.8, 4) is 5.75 Å². The summed E-state index contributed by atoms with van der Waals surface area (Å²) in [6.07, 6.45) is 4.65. The van der Waals surface area contributed by atoms with E-state index in [-0.39, 0.29) is 37.1 Å². The summed E-state index contributed by atoms with van der Waals surface area (Å²) < 4.78 is 60.4. The van der Waals surface area contributed by atoms with Crippen LogP contribution in [-0.2, 0) is 58.0 Å². The van der Waals surface area contributed by atoms with Crippen molar-refractivity contribution >= 4 is 49.9 Å². The molecule has 0 radical (unpaired) electrons. The summed E-state index contributed by atoms with van der Waals surface area (Å²) in [5.41, 5.74) is 0.896. The quantitative estimate of drug-likeness (QED) is 0.0165. The molecule has 1 heterocycles. The van der Waals surface area contributed by atoms with Gasteiger partial charge in [0.05, 0.1) is 51.3 Å². The van der Waals surface area contributed by atoms with Gasteiger partial charge in [-0.25, -0.2) is 0 Å². The van der Waals surface area contributed by atoms with Gasteiger partial charge in [-0.05, 0) is 113 Å². The van der Waals surface area contributed by atoms with Crippen LogP contribution >= 0.6 is 23.5 Å². The zero-order chi connectivity index (χ0) is 49.7. The molecule has 1 aromatic rings. The van der Waals surface area contributed by atoms with Crippen molar-refractivity contribution in [2.45, 2.75) is 167 Å². The number of methoxy groups -OCH3 is 1. The second-order valence-electron chi connectivity index (χ2n) is 17.7. The molecule has 1 saturated heterocycles. The lowest BCUT2D eigenvalue weighted by molar-refractivity contribution is -0.307. The Labute approximate surface area is 402 Å². The van der Waals surface area contributed by atoms with E-state index in [4.69, 9.17) is 37.2 Å². The van der Waals surface area contributed by atoms with Crippen LogP contribution in [0, 0.1) is 5.92 Å². The topological polar surface area (TPSA) is 203 Å². The molecule has 0 bridgehead atoms. The van der Waals surface area contributed by atoms with E-state index < -0.39 is 89.1 Å². The highest BCUT2D eigenvalue weighted by atomic mass is 79.9. The number of hydrogen-bond acceptors (Lipinski definition) is 15. The highest BCUT2D eigenvalue weighted by Crippen LogP contribution is 2.48. The van der Waals surface area contributed by atoms with Crippen LogP contribution in [0.25, 0.3) is 0 Å². The minimum Gasteiger partial charge on any atom is -0.497 e. The summed E-state index contributed by atoms with van der Waals surface area (Å²) in [6, 6.07) is 7.46. The Morgan fingerprint density at radius 1 is 0.939 bits per heavy atom. The van der Waals surface area contributed by atoms with Crippen molar-refractivity contribution < 1.29 is 71.4 Å². The van der Waals surface area contributed by atoms with Crippen molar-refractivity contribution in [3.05, 3.63) is 76.8 Å². The molecule has 374 valence electrons. The number of aliphatic hydroxyl groups excluding tert-OH is 3. The zero-order valence-corrected chi connectivity index (χ0v) is 44.1. The fourth-order valence-electron chi connectivity index (χ4n) is 6.62. The number of allylic oxidation sites excluding steroid dienone is 6. The minimum atomic E-state index is -3.62. The molecule has 1 fully saturated rings. The zero-order valence-electron chi connectivity index (χ0n) is 40.6. The molecule has 1 aromatic carbocycles. The molecular formula is C48H76BrO15PSi. The molecule has 0 saturated carbocycles. The molecule has 0 aliphatic carbocycles. The molecule has 1 aliphatic rings. The number of ether oxygens (including phenoxy) is 5. The van der Waals surface area contributed by atoms with Gasteiger partial charge in [0.15, 0.2) is 20.4 Å². The number of carbonyl (C=O) groups excluding carboxylic acids is 3. The first-order chi connectivity index (χ1) is 31.0. The predicted octanol–water partition coefficient (Wildman–Crippen LogP) is 8.68. The van der Waals surface area contributed by atoms with Crippen LogP contribution in [-0.4, -0.2) is 123 Å². The van der Waals surface area contributed by atoms with Gasteiger partial charge >= 0.3 is 13.6 Å². The summed E-state index contributed by atoms with van der Waals surface area (Å²) in [5, 5.41) is 31.7. The van der Waals surface area contributed by atoms with E-state index in [2.05, 4.69) is 49.8 Å². The van der Waals surface area contributed by atoms with Gasteiger partial charge in [-0.1, -0.05) is 80.9 Å². The Morgan fingerprint density at radius 3 is 2.17 bits per heavy atom. The molecular weight excluding hydrogens is 955 g/mol. The van der Waals surface area contributed by atoms with Gasteiger partial charge in [0.25, 0.3) is 0 Å². The van der Waals surface area contributed by atoms with E-state index >= 15 is 0 Å². The molecule has 0 unspecified atom stereocenters. The van der Waals surface area contributed by atoms with E-state index in [1.165, 1.54) is 12.2 Å². The number of hydrogen-bond donors (Lipinski definition) is 3. The third-order valence-corrected chi connectivity index (χ3v) is 18.6. The third kappa shape index (κ3) is 20.1. The van der Waals surface area contributed by atoms with Crippen LogP contribution in [0.2, 0.25) is 18.1 Å². The second-order valence-corrected chi connectivity index (χ2v) is 25.4. The summed E-state index contributed by atoms with van der Waals surface area (Å²) in [6.45, 7) is 19.6. The number of esters is 1. The normalized spacial score (nSPS) is 22.3. The fourth-order valence-corrected chi connectivity index (χ4v) is 9.72. The minimum absolute atomic E-state index is 0.130. The van der Waals surface area contributed by atoms with Gasteiger partial charge in [-0.2, -0.15) is 0 Å². The molecule has 66 heavy (non-hydrogen) atoms. The Bertz CT molecular complexity index is 1790. The molecule has 0 spiro atoms. The number of benzene rings is 1. The van der Waals surface area contributed by atoms with Crippen molar-refractivity contribution in [1.82, 2.24) is 0 Å². The Morgan fingerprint density at radius 2 is 1.59 bits per heavy atom. The van der Waals surface area contributed by atoms with Gasteiger partial charge in [-0.15, -0.1) is 0 Å². The van der Waals surface area contributed by atoms with E-state index in [0.29, 0.717) is 42.2 Å². The Balaban J connectivity index is 2.35. The first-order valence-corrected chi connectivity index (χ1v) is 28.2. The standard InChI is InChI=1S/C48H76BrO15PSi/c1-12-37(62-43(52)32-65(56,59-13-2)60-14-3)21-18-24-40(58-31-35-25-27-38(57-9)28-26-35)33(4)39(51)22-16-15-17-23-41(63-47-46(55)45(54)44(53)34(5)61-47)42(30-36(49)20-19-29-50)64-66(10,11)48(6,7)8/h15-17,19-20,22,25-30,33-34,37,40-42,44-47,53-55H,12-14,18,21,23-24,31-32H2,1-11H3/b17-15+,20-19+,22-16+,36-30-/t33-,34-,37-,40-,41-,42+,44-,45+,46+,47-/m0/s1. The number of aliphatic hydroxyl groups is 3. The summed E-state index contributed by atoms with van der Waals surface area (Å²) in [4.78, 5) is 37.7. The average molecular weight is 1030 g/mol. The first kappa shape index (κ1) is 59.5. The largest absolute Gasteiger partial charge is 0.497 e. The fraction of sp³-hybridized carbons (Fsp3) is 0.646. The maximum Gasteiger partial charge on any atom is 0.341 e. The van der Waals surface area contributed by atoms with E-state index in [9.17, 15) is 34.3 Å². The van der Waals surface area contributed by atoms with Crippen molar-refractivity contribution in [1.29, 1.82) is 0 Å². The van der Waals surface area contributed by atoms with E-state index in [0.717, 1.165) is 5.56 Å². The van der Waals surface area contributed by atoms with Crippen LogP contribution in [0.15, 0.2) is 71.3 Å².